The third kappa shape index (κ3) is 3.63. The van der Waals surface area contributed by atoms with E-state index in [9.17, 15) is 9.59 Å². The van der Waals surface area contributed by atoms with Crippen LogP contribution in [0.2, 0.25) is 0 Å². The Hall–Kier alpha value is -2.24. The molecule has 0 saturated carbocycles. The minimum Gasteiger partial charge on any atom is -0.497 e. The van der Waals surface area contributed by atoms with Gasteiger partial charge in [-0.1, -0.05) is 0 Å². The smallest absolute Gasteiger partial charge is 0.321 e. The van der Waals surface area contributed by atoms with E-state index >= 15 is 0 Å². The Bertz CT molecular complexity index is 486. The first kappa shape index (κ1) is 14.2. The molecular formula is C14H18N2O4. The summed E-state index contributed by atoms with van der Waals surface area (Å²) in [6.07, 6.45) is 0.856. The molecule has 20 heavy (non-hydrogen) atoms. The number of likely N-dealkylation sites (tertiary alicyclic amines) is 1. The zero-order chi connectivity index (χ0) is 14.5. The number of hydrogen-bond donors (Lipinski definition) is 2. The molecule has 2 amide bonds. The van der Waals surface area contributed by atoms with Gasteiger partial charge in [-0.25, -0.2) is 4.79 Å². The number of rotatable bonds is 4. The highest BCUT2D eigenvalue weighted by molar-refractivity contribution is 5.89. The number of aliphatic carboxylic acids is 1. The zero-order valence-electron chi connectivity index (χ0n) is 11.3. The van der Waals surface area contributed by atoms with Gasteiger partial charge in [0.25, 0.3) is 0 Å². The summed E-state index contributed by atoms with van der Waals surface area (Å²) in [6, 6.07) is 6.88. The number of carbonyl (C=O) groups excluding carboxylic acids is 1. The molecule has 0 aromatic heterocycles. The van der Waals surface area contributed by atoms with Crippen molar-refractivity contribution < 1.29 is 19.4 Å². The molecule has 1 unspecified atom stereocenters. The van der Waals surface area contributed by atoms with Gasteiger partial charge in [-0.15, -0.1) is 0 Å². The van der Waals surface area contributed by atoms with Gasteiger partial charge >= 0.3 is 12.0 Å². The average Bonchev–Trinajstić information content (AvgIpc) is 2.87. The monoisotopic (exact) mass is 278 g/mol. The van der Waals surface area contributed by atoms with Crippen molar-refractivity contribution in [1.29, 1.82) is 0 Å². The van der Waals surface area contributed by atoms with Crippen molar-refractivity contribution in [1.82, 2.24) is 4.90 Å². The Kier molecular flexibility index (Phi) is 4.45. The van der Waals surface area contributed by atoms with Crippen LogP contribution in [0, 0.1) is 5.92 Å². The van der Waals surface area contributed by atoms with Crippen LogP contribution in [-0.4, -0.2) is 42.2 Å². The highest BCUT2D eigenvalue weighted by Gasteiger charge is 2.27. The lowest BCUT2D eigenvalue weighted by Crippen LogP contribution is -2.33. The standard InChI is InChI=1S/C14H18N2O4/c1-20-12-4-2-11(3-5-12)15-14(19)16-7-6-10(9-16)8-13(17)18/h2-5,10H,6-9H2,1H3,(H,15,19)(H,17,18). The van der Waals surface area contributed by atoms with Gasteiger partial charge in [-0.05, 0) is 36.6 Å². The summed E-state index contributed by atoms with van der Waals surface area (Å²) in [5.41, 5.74) is 0.692. The number of carbonyl (C=O) groups is 2. The number of amides is 2. The van der Waals surface area contributed by atoms with Crippen LogP contribution in [0.15, 0.2) is 24.3 Å². The highest BCUT2D eigenvalue weighted by Crippen LogP contribution is 2.21. The van der Waals surface area contributed by atoms with Gasteiger partial charge < -0.3 is 20.1 Å². The number of nitrogens with zero attached hydrogens (tertiary/aromatic N) is 1. The van der Waals surface area contributed by atoms with E-state index in [-0.39, 0.29) is 18.4 Å². The molecule has 6 nitrogen and oxygen atoms in total. The molecule has 1 saturated heterocycles. The summed E-state index contributed by atoms with van der Waals surface area (Å²) in [6.45, 7) is 1.09. The van der Waals surface area contributed by atoms with E-state index in [4.69, 9.17) is 9.84 Å². The van der Waals surface area contributed by atoms with Gasteiger partial charge in [0.1, 0.15) is 5.75 Å². The van der Waals surface area contributed by atoms with E-state index in [1.165, 1.54) is 0 Å². The van der Waals surface area contributed by atoms with Crippen LogP contribution in [0.1, 0.15) is 12.8 Å². The molecule has 1 aliphatic heterocycles. The van der Waals surface area contributed by atoms with Crippen molar-refractivity contribution in [3.63, 3.8) is 0 Å². The summed E-state index contributed by atoms with van der Waals surface area (Å²) in [5, 5.41) is 11.5. The third-order valence-corrected chi connectivity index (χ3v) is 3.38. The largest absolute Gasteiger partial charge is 0.497 e. The van der Waals surface area contributed by atoms with E-state index in [0.29, 0.717) is 18.8 Å². The van der Waals surface area contributed by atoms with E-state index in [0.717, 1.165) is 12.2 Å². The Morgan fingerprint density at radius 1 is 1.40 bits per heavy atom. The second-order valence-corrected chi connectivity index (χ2v) is 4.86. The number of carboxylic acids is 1. The topological polar surface area (TPSA) is 78.9 Å². The number of benzene rings is 1. The fraction of sp³-hybridized carbons (Fsp3) is 0.429. The average molecular weight is 278 g/mol. The quantitative estimate of drug-likeness (QED) is 0.883. The number of ether oxygens (including phenoxy) is 1. The minimum absolute atomic E-state index is 0.0501. The summed E-state index contributed by atoms with van der Waals surface area (Å²) >= 11 is 0. The fourth-order valence-electron chi connectivity index (χ4n) is 2.31. The maximum absolute atomic E-state index is 12.0. The Balaban J connectivity index is 1.87. The van der Waals surface area contributed by atoms with Crippen molar-refractivity contribution in [3.05, 3.63) is 24.3 Å². The van der Waals surface area contributed by atoms with Crippen molar-refractivity contribution in [2.24, 2.45) is 5.92 Å². The zero-order valence-corrected chi connectivity index (χ0v) is 11.3. The number of carboxylic acid groups (broad SMARTS) is 1. The van der Waals surface area contributed by atoms with Crippen molar-refractivity contribution in [2.75, 3.05) is 25.5 Å². The first-order valence-electron chi connectivity index (χ1n) is 6.50. The van der Waals surface area contributed by atoms with E-state index < -0.39 is 5.97 Å². The van der Waals surface area contributed by atoms with E-state index in [1.807, 2.05) is 0 Å². The molecule has 1 aromatic carbocycles. The molecule has 108 valence electrons. The molecule has 2 N–H and O–H groups in total. The van der Waals surface area contributed by atoms with Crippen molar-refractivity contribution in [2.45, 2.75) is 12.8 Å². The van der Waals surface area contributed by atoms with Gasteiger partial charge in [-0.3, -0.25) is 4.79 Å². The van der Waals surface area contributed by atoms with Gasteiger partial charge in [0.05, 0.1) is 7.11 Å². The summed E-state index contributed by atoms with van der Waals surface area (Å²) in [7, 11) is 1.58. The highest BCUT2D eigenvalue weighted by atomic mass is 16.5. The van der Waals surface area contributed by atoms with Crippen LogP contribution in [0.5, 0.6) is 5.75 Å². The Labute approximate surface area is 117 Å². The molecular weight excluding hydrogens is 260 g/mol. The molecule has 0 aliphatic carbocycles. The molecule has 1 heterocycles. The van der Waals surface area contributed by atoms with E-state index in [2.05, 4.69) is 5.32 Å². The minimum atomic E-state index is -0.813. The lowest BCUT2D eigenvalue weighted by molar-refractivity contribution is -0.138. The molecule has 0 spiro atoms. The first-order valence-corrected chi connectivity index (χ1v) is 6.50. The summed E-state index contributed by atoms with van der Waals surface area (Å²) < 4.78 is 5.05. The second-order valence-electron chi connectivity index (χ2n) is 4.86. The molecule has 0 bridgehead atoms. The van der Waals surface area contributed by atoms with Gasteiger partial charge in [0.15, 0.2) is 0 Å². The maximum Gasteiger partial charge on any atom is 0.321 e. The molecule has 6 heteroatoms. The Morgan fingerprint density at radius 3 is 2.70 bits per heavy atom. The lowest BCUT2D eigenvalue weighted by atomic mass is 10.1. The molecule has 1 atom stereocenters. The predicted molar refractivity (Wildman–Crippen MR) is 73.9 cm³/mol. The molecule has 0 radical (unpaired) electrons. The number of anilines is 1. The van der Waals surface area contributed by atoms with Crippen molar-refractivity contribution in [3.8, 4) is 5.75 Å². The van der Waals surface area contributed by atoms with Gasteiger partial charge in [-0.2, -0.15) is 0 Å². The number of nitrogens with one attached hydrogen (secondary N) is 1. The van der Waals surface area contributed by atoms with Crippen LogP contribution < -0.4 is 10.1 Å². The lowest BCUT2D eigenvalue weighted by Gasteiger charge is -2.17. The maximum atomic E-state index is 12.0. The van der Waals surface area contributed by atoms with Crippen LogP contribution in [0.3, 0.4) is 0 Å². The van der Waals surface area contributed by atoms with Crippen LogP contribution in [0.4, 0.5) is 10.5 Å². The SMILES string of the molecule is COc1ccc(NC(=O)N2CCC(CC(=O)O)C2)cc1. The summed E-state index contributed by atoms with van der Waals surface area (Å²) in [5.74, 6) is -0.0350. The summed E-state index contributed by atoms with van der Waals surface area (Å²) in [4.78, 5) is 24.3. The van der Waals surface area contributed by atoms with Crippen LogP contribution in [-0.2, 0) is 4.79 Å². The third-order valence-electron chi connectivity index (χ3n) is 3.38. The normalized spacial score (nSPS) is 17.9. The van der Waals surface area contributed by atoms with Crippen LogP contribution >= 0.6 is 0 Å². The van der Waals surface area contributed by atoms with Crippen molar-refractivity contribution >= 4 is 17.7 Å². The molecule has 1 aromatic rings. The second kappa shape index (κ2) is 6.27. The molecule has 1 aliphatic rings. The first-order chi connectivity index (χ1) is 9.58. The Morgan fingerprint density at radius 2 is 2.10 bits per heavy atom. The molecule has 1 fully saturated rings. The molecule has 2 rings (SSSR count). The predicted octanol–water partition coefficient (Wildman–Crippen LogP) is 2.02. The van der Waals surface area contributed by atoms with E-state index in [1.54, 1.807) is 36.3 Å². The van der Waals surface area contributed by atoms with Crippen LogP contribution in [0.25, 0.3) is 0 Å². The number of methoxy groups -OCH3 is 1. The van der Waals surface area contributed by atoms with Gasteiger partial charge in [0.2, 0.25) is 0 Å². The fourth-order valence-corrected chi connectivity index (χ4v) is 2.31. The number of hydrogen-bond acceptors (Lipinski definition) is 3. The number of urea groups is 1. The van der Waals surface area contributed by atoms with Gasteiger partial charge in [0, 0.05) is 25.2 Å².